The molecule has 0 aliphatic carbocycles. The molecule has 1 aromatic carbocycles. The second-order valence-electron chi connectivity index (χ2n) is 2.99. The maximum atomic E-state index is 8.62. The first-order valence-electron chi connectivity index (χ1n) is 3.99. The third kappa shape index (κ3) is 2.28. The molecular formula is C10H12N2. The second kappa shape index (κ2) is 3.77. The third-order valence-electron chi connectivity index (χ3n) is 1.45. The van der Waals surface area contributed by atoms with Gasteiger partial charge >= 0.3 is 0 Å². The Labute approximate surface area is 72.8 Å². The van der Waals surface area contributed by atoms with Crippen LogP contribution >= 0.6 is 0 Å². The number of hydrogen-bond acceptors (Lipinski definition) is 2. The highest BCUT2D eigenvalue weighted by atomic mass is 14.9. The van der Waals surface area contributed by atoms with Gasteiger partial charge < -0.3 is 5.32 Å². The van der Waals surface area contributed by atoms with E-state index < -0.39 is 0 Å². The fraction of sp³-hybridized carbons (Fsp3) is 0.300. The molecule has 1 N–H and O–H groups in total. The summed E-state index contributed by atoms with van der Waals surface area (Å²) in [6.45, 7) is 4.14. The minimum absolute atomic E-state index is 0.402. The van der Waals surface area contributed by atoms with Gasteiger partial charge in [-0.05, 0) is 32.0 Å². The number of nitrogens with zero attached hydrogens (tertiary/aromatic N) is 1. The summed E-state index contributed by atoms with van der Waals surface area (Å²) < 4.78 is 0. The van der Waals surface area contributed by atoms with Gasteiger partial charge in [-0.1, -0.05) is 6.07 Å². The summed E-state index contributed by atoms with van der Waals surface area (Å²) in [5.74, 6) is 0. The minimum atomic E-state index is 0.402. The summed E-state index contributed by atoms with van der Waals surface area (Å²) in [7, 11) is 0. The number of hydrogen-bond donors (Lipinski definition) is 1. The van der Waals surface area contributed by atoms with Gasteiger partial charge in [0, 0.05) is 11.7 Å². The number of nitrogens with one attached hydrogen (secondary N) is 1. The minimum Gasteiger partial charge on any atom is -0.383 e. The van der Waals surface area contributed by atoms with Gasteiger partial charge in [0.25, 0.3) is 0 Å². The van der Waals surface area contributed by atoms with Crippen LogP contribution in [0.25, 0.3) is 0 Å². The molecule has 0 aromatic heterocycles. The molecule has 2 nitrogen and oxygen atoms in total. The van der Waals surface area contributed by atoms with Gasteiger partial charge in [-0.15, -0.1) is 0 Å². The number of benzene rings is 1. The molecule has 0 unspecified atom stereocenters. The third-order valence-corrected chi connectivity index (χ3v) is 1.45. The summed E-state index contributed by atoms with van der Waals surface area (Å²) in [4.78, 5) is 0. The molecule has 2 heteroatoms. The van der Waals surface area contributed by atoms with Crippen molar-refractivity contribution >= 4 is 5.69 Å². The van der Waals surface area contributed by atoms with E-state index >= 15 is 0 Å². The molecular weight excluding hydrogens is 148 g/mol. The Bertz CT molecular complexity index is 297. The van der Waals surface area contributed by atoms with Gasteiger partial charge in [0.1, 0.15) is 0 Å². The molecule has 1 rings (SSSR count). The lowest BCUT2D eigenvalue weighted by molar-refractivity contribution is 0.899. The summed E-state index contributed by atoms with van der Waals surface area (Å²) in [6.07, 6.45) is 0. The molecule has 0 radical (unpaired) electrons. The quantitative estimate of drug-likeness (QED) is 0.721. The van der Waals surface area contributed by atoms with Crippen molar-refractivity contribution in [2.45, 2.75) is 19.9 Å². The molecule has 0 fully saturated rings. The zero-order chi connectivity index (χ0) is 8.97. The molecule has 0 spiro atoms. The average Bonchev–Trinajstić information content (AvgIpc) is 2.03. The molecule has 0 saturated heterocycles. The van der Waals surface area contributed by atoms with Crippen LogP contribution in [-0.2, 0) is 0 Å². The standard InChI is InChI=1S/C10H12N2/c1-8(2)12-10-5-3-4-9(6-10)7-11/h3-6,8,12H,1-2H3. The largest absolute Gasteiger partial charge is 0.383 e. The highest BCUT2D eigenvalue weighted by Gasteiger charge is 1.95. The molecule has 0 aliphatic rings. The zero-order valence-corrected chi connectivity index (χ0v) is 7.33. The van der Waals surface area contributed by atoms with E-state index in [1.807, 2.05) is 18.2 Å². The van der Waals surface area contributed by atoms with Gasteiger partial charge in [0.15, 0.2) is 0 Å². The van der Waals surface area contributed by atoms with Crippen LogP contribution in [0.3, 0.4) is 0 Å². The van der Waals surface area contributed by atoms with Crippen LogP contribution in [0.1, 0.15) is 19.4 Å². The Kier molecular flexibility index (Phi) is 2.71. The Morgan fingerprint density at radius 3 is 2.75 bits per heavy atom. The van der Waals surface area contributed by atoms with E-state index in [0.717, 1.165) is 5.69 Å². The van der Waals surface area contributed by atoms with E-state index in [1.54, 1.807) is 6.07 Å². The topological polar surface area (TPSA) is 35.8 Å². The number of rotatable bonds is 2. The molecule has 0 amide bonds. The molecule has 62 valence electrons. The summed E-state index contributed by atoms with van der Waals surface area (Å²) in [5.41, 5.74) is 1.70. The molecule has 0 heterocycles. The van der Waals surface area contributed by atoms with Crippen molar-refractivity contribution in [2.75, 3.05) is 5.32 Å². The fourth-order valence-corrected chi connectivity index (χ4v) is 1.01. The van der Waals surface area contributed by atoms with Gasteiger partial charge in [0.05, 0.1) is 11.6 Å². The molecule has 0 aliphatic heterocycles. The average molecular weight is 160 g/mol. The maximum absolute atomic E-state index is 8.62. The Morgan fingerprint density at radius 1 is 1.42 bits per heavy atom. The lowest BCUT2D eigenvalue weighted by Gasteiger charge is -2.09. The highest BCUT2D eigenvalue weighted by molar-refractivity contribution is 5.49. The van der Waals surface area contributed by atoms with Crippen LogP contribution < -0.4 is 5.32 Å². The van der Waals surface area contributed by atoms with Crippen LogP contribution in [-0.4, -0.2) is 6.04 Å². The van der Waals surface area contributed by atoms with Crippen molar-refractivity contribution < 1.29 is 0 Å². The first-order chi connectivity index (χ1) is 5.72. The van der Waals surface area contributed by atoms with E-state index in [0.29, 0.717) is 11.6 Å². The van der Waals surface area contributed by atoms with Gasteiger partial charge in [0.2, 0.25) is 0 Å². The molecule has 1 aromatic rings. The van der Waals surface area contributed by atoms with Crippen molar-refractivity contribution in [3.05, 3.63) is 29.8 Å². The Hall–Kier alpha value is -1.49. The normalized spacial score (nSPS) is 9.50. The summed E-state index contributed by atoms with van der Waals surface area (Å²) in [5, 5.41) is 11.8. The second-order valence-corrected chi connectivity index (χ2v) is 2.99. The van der Waals surface area contributed by atoms with E-state index in [2.05, 4.69) is 25.2 Å². The zero-order valence-electron chi connectivity index (χ0n) is 7.33. The van der Waals surface area contributed by atoms with Crippen LogP contribution in [0.2, 0.25) is 0 Å². The Balaban J connectivity index is 2.81. The maximum Gasteiger partial charge on any atom is 0.0992 e. The van der Waals surface area contributed by atoms with Crippen LogP contribution in [0.4, 0.5) is 5.69 Å². The van der Waals surface area contributed by atoms with Crippen LogP contribution in [0.5, 0.6) is 0 Å². The predicted molar refractivity (Wildman–Crippen MR) is 49.9 cm³/mol. The SMILES string of the molecule is CC(C)Nc1cccc(C#N)c1. The molecule has 0 saturated carbocycles. The van der Waals surface area contributed by atoms with Crippen LogP contribution in [0.15, 0.2) is 24.3 Å². The fourth-order valence-electron chi connectivity index (χ4n) is 1.01. The van der Waals surface area contributed by atoms with E-state index in [-0.39, 0.29) is 0 Å². The predicted octanol–water partition coefficient (Wildman–Crippen LogP) is 2.38. The van der Waals surface area contributed by atoms with Crippen molar-refractivity contribution in [3.63, 3.8) is 0 Å². The Morgan fingerprint density at radius 2 is 2.17 bits per heavy atom. The number of nitriles is 1. The molecule has 0 atom stereocenters. The first kappa shape index (κ1) is 8.61. The summed E-state index contributed by atoms with van der Waals surface area (Å²) >= 11 is 0. The van der Waals surface area contributed by atoms with Gasteiger partial charge in [-0.3, -0.25) is 0 Å². The molecule has 0 bridgehead atoms. The van der Waals surface area contributed by atoms with Gasteiger partial charge in [-0.2, -0.15) is 5.26 Å². The van der Waals surface area contributed by atoms with Crippen LogP contribution in [0, 0.1) is 11.3 Å². The van der Waals surface area contributed by atoms with Crippen molar-refractivity contribution in [1.29, 1.82) is 5.26 Å². The van der Waals surface area contributed by atoms with Crippen molar-refractivity contribution in [2.24, 2.45) is 0 Å². The van der Waals surface area contributed by atoms with Crippen molar-refractivity contribution in [1.82, 2.24) is 0 Å². The highest BCUT2D eigenvalue weighted by Crippen LogP contribution is 2.10. The van der Waals surface area contributed by atoms with E-state index in [9.17, 15) is 0 Å². The lowest BCUT2D eigenvalue weighted by Crippen LogP contribution is -2.09. The smallest absolute Gasteiger partial charge is 0.0992 e. The van der Waals surface area contributed by atoms with Crippen molar-refractivity contribution in [3.8, 4) is 6.07 Å². The summed E-state index contributed by atoms with van der Waals surface area (Å²) in [6, 6.07) is 9.98. The van der Waals surface area contributed by atoms with E-state index in [1.165, 1.54) is 0 Å². The number of anilines is 1. The van der Waals surface area contributed by atoms with E-state index in [4.69, 9.17) is 5.26 Å². The molecule has 12 heavy (non-hydrogen) atoms. The lowest BCUT2D eigenvalue weighted by atomic mass is 10.2. The first-order valence-corrected chi connectivity index (χ1v) is 3.99. The van der Waals surface area contributed by atoms with Gasteiger partial charge in [-0.25, -0.2) is 0 Å². The monoisotopic (exact) mass is 160 g/mol.